The highest BCUT2D eigenvalue weighted by Crippen LogP contribution is 2.31. The number of fused-ring (bicyclic) bond motifs is 1. The van der Waals surface area contributed by atoms with Crippen molar-refractivity contribution < 1.29 is 4.74 Å². The molecule has 2 heterocycles. The summed E-state index contributed by atoms with van der Waals surface area (Å²) in [4.78, 5) is 9.45. The first-order valence-corrected chi connectivity index (χ1v) is 10.9. The van der Waals surface area contributed by atoms with E-state index in [1.807, 2.05) is 48.9 Å². The van der Waals surface area contributed by atoms with Gasteiger partial charge < -0.3 is 4.74 Å². The normalized spacial score (nSPS) is 14.8. The quantitative estimate of drug-likeness (QED) is 0.395. The van der Waals surface area contributed by atoms with Crippen LogP contribution >= 0.6 is 0 Å². The van der Waals surface area contributed by atoms with Gasteiger partial charge in [0.15, 0.2) is 0 Å². The third-order valence-corrected chi connectivity index (χ3v) is 6.07. The number of hydrogen-bond donors (Lipinski definition) is 0. The Morgan fingerprint density at radius 1 is 0.967 bits per heavy atom. The average molecular weight is 398 g/mol. The lowest BCUT2D eigenvalue weighted by Gasteiger charge is -2.20. The van der Waals surface area contributed by atoms with E-state index in [4.69, 9.17) is 9.72 Å². The number of imidazole rings is 1. The molecule has 5 rings (SSSR count). The van der Waals surface area contributed by atoms with E-state index in [0.29, 0.717) is 6.61 Å². The fourth-order valence-corrected chi connectivity index (χ4v) is 4.48. The Kier molecular flexibility index (Phi) is 5.47. The molecule has 152 valence electrons. The zero-order valence-electron chi connectivity index (χ0n) is 17.2. The molecule has 0 radical (unpaired) electrons. The molecule has 0 amide bonds. The number of hydrogen-bond acceptors (Lipinski definition) is 3. The highest BCUT2D eigenvalue weighted by molar-refractivity contribution is 5.66. The van der Waals surface area contributed by atoms with E-state index in [0.717, 1.165) is 40.6 Å². The molecule has 0 unspecified atom stereocenters. The maximum absolute atomic E-state index is 6.05. The maximum Gasteiger partial charge on any atom is 0.145 e. The minimum Gasteiger partial charge on any atom is -0.489 e. The standard InChI is InChI=1S/C26H27N3O/c1-3-8-20(9-4-1)16-24-25-18-27-14-15-29(25)26(28-24)22-12-7-13-23(17-22)30-19-21-10-5-2-6-11-21/h2,5-7,10-15,17-18,20H,1,3-4,8-9,16,19H2. The largest absolute Gasteiger partial charge is 0.489 e. The lowest BCUT2D eigenvalue weighted by Crippen LogP contribution is -2.09. The van der Waals surface area contributed by atoms with Gasteiger partial charge in [0.05, 0.1) is 17.4 Å². The summed E-state index contributed by atoms with van der Waals surface area (Å²) in [5, 5.41) is 0. The van der Waals surface area contributed by atoms with Crippen molar-refractivity contribution in [1.82, 2.24) is 14.4 Å². The number of benzene rings is 2. The van der Waals surface area contributed by atoms with Crippen molar-refractivity contribution in [2.45, 2.75) is 45.1 Å². The second kappa shape index (κ2) is 8.70. The fraction of sp³-hybridized carbons (Fsp3) is 0.308. The summed E-state index contributed by atoms with van der Waals surface area (Å²) in [6.07, 6.45) is 13.5. The number of aromatic nitrogens is 3. The second-order valence-corrected chi connectivity index (χ2v) is 8.22. The predicted octanol–water partition coefficient (Wildman–Crippen LogP) is 6.10. The van der Waals surface area contributed by atoms with E-state index < -0.39 is 0 Å². The van der Waals surface area contributed by atoms with Crippen molar-refractivity contribution in [3.05, 3.63) is 84.4 Å². The Bertz CT molecular complexity index is 1110. The molecule has 0 spiro atoms. The molecule has 1 aliphatic rings. The molecule has 30 heavy (non-hydrogen) atoms. The molecular weight excluding hydrogens is 370 g/mol. The summed E-state index contributed by atoms with van der Waals surface area (Å²) in [5.41, 5.74) is 4.51. The predicted molar refractivity (Wildman–Crippen MR) is 119 cm³/mol. The topological polar surface area (TPSA) is 39.4 Å². The van der Waals surface area contributed by atoms with Crippen LogP contribution in [0.15, 0.2) is 73.2 Å². The van der Waals surface area contributed by atoms with Gasteiger partial charge in [0.2, 0.25) is 0 Å². The third-order valence-electron chi connectivity index (χ3n) is 6.07. The van der Waals surface area contributed by atoms with Crippen molar-refractivity contribution >= 4 is 5.52 Å². The second-order valence-electron chi connectivity index (χ2n) is 8.22. The van der Waals surface area contributed by atoms with E-state index in [9.17, 15) is 0 Å². The Morgan fingerprint density at radius 3 is 2.70 bits per heavy atom. The average Bonchev–Trinajstić information content (AvgIpc) is 3.18. The molecule has 0 aliphatic heterocycles. The maximum atomic E-state index is 6.05. The van der Waals surface area contributed by atoms with Gasteiger partial charge in [-0.3, -0.25) is 9.38 Å². The van der Waals surface area contributed by atoms with Crippen molar-refractivity contribution in [3.8, 4) is 17.1 Å². The first-order chi connectivity index (χ1) is 14.9. The summed E-state index contributed by atoms with van der Waals surface area (Å²) in [5.74, 6) is 2.56. The van der Waals surface area contributed by atoms with E-state index >= 15 is 0 Å². The first kappa shape index (κ1) is 18.9. The van der Waals surface area contributed by atoms with Crippen LogP contribution in [0.4, 0.5) is 0 Å². The lowest BCUT2D eigenvalue weighted by molar-refractivity contribution is 0.306. The Balaban J connectivity index is 1.43. The molecule has 1 aliphatic carbocycles. The van der Waals surface area contributed by atoms with E-state index in [1.54, 1.807) is 0 Å². The lowest BCUT2D eigenvalue weighted by atomic mass is 9.86. The fourth-order valence-electron chi connectivity index (χ4n) is 4.48. The molecule has 0 atom stereocenters. The van der Waals surface area contributed by atoms with Crippen molar-refractivity contribution in [2.75, 3.05) is 0 Å². The molecule has 4 aromatic rings. The molecule has 4 nitrogen and oxygen atoms in total. The zero-order valence-corrected chi connectivity index (χ0v) is 17.2. The van der Waals surface area contributed by atoms with Crippen LogP contribution in [0.5, 0.6) is 5.75 Å². The highest BCUT2D eigenvalue weighted by atomic mass is 16.5. The molecule has 1 saturated carbocycles. The molecule has 2 aromatic carbocycles. The van der Waals surface area contributed by atoms with Crippen LogP contribution in [0.1, 0.15) is 43.4 Å². The van der Waals surface area contributed by atoms with Gasteiger partial charge >= 0.3 is 0 Å². The van der Waals surface area contributed by atoms with Crippen molar-refractivity contribution in [1.29, 1.82) is 0 Å². The van der Waals surface area contributed by atoms with Gasteiger partial charge in [0.25, 0.3) is 0 Å². The van der Waals surface area contributed by atoms with Gasteiger partial charge in [-0.15, -0.1) is 0 Å². The summed E-state index contributed by atoms with van der Waals surface area (Å²) >= 11 is 0. The van der Waals surface area contributed by atoms with Crippen LogP contribution in [0.2, 0.25) is 0 Å². The minimum atomic E-state index is 0.559. The van der Waals surface area contributed by atoms with Crippen LogP contribution in [-0.2, 0) is 13.0 Å². The summed E-state index contributed by atoms with van der Waals surface area (Å²) < 4.78 is 8.21. The Labute approximate surface area is 177 Å². The summed E-state index contributed by atoms with van der Waals surface area (Å²) in [7, 11) is 0. The van der Waals surface area contributed by atoms with Gasteiger partial charge in [-0.25, -0.2) is 4.98 Å². The van der Waals surface area contributed by atoms with Crippen LogP contribution < -0.4 is 4.74 Å². The van der Waals surface area contributed by atoms with Gasteiger partial charge in [-0.1, -0.05) is 74.6 Å². The number of rotatable bonds is 6. The van der Waals surface area contributed by atoms with Gasteiger partial charge in [0, 0.05) is 18.0 Å². The molecule has 0 bridgehead atoms. The van der Waals surface area contributed by atoms with Crippen molar-refractivity contribution in [2.24, 2.45) is 5.92 Å². The molecule has 1 fully saturated rings. The van der Waals surface area contributed by atoms with E-state index in [1.165, 1.54) is 37.8 Å². The Hall–Kier alpha value is -3.14. The SMILES string of the molecule is c1ccc(COc2cccc(-c3nc(CC4CCCCC4)c4cnccn34)c2)cc1. The minimum absolute atomic E-state index is 0.559. The smallest absolute Gasteiger partial charge is 0.145 e. The van der Waals surface area contributed by atoms with Gasteiger partial charge in [0.1, 0.15) is 18.2 Å². The first-order valence-electron chi connectivity index (χ1n) is 10.9. The van der Waals surface area contributed by atoms with Crippen LogP contribution in [0.25, 0.3) is 16.9 Å². The molecule has 4 heteroatoms. The van der Waals surface area contributed by atoms with Crippen LogP contribution in [0.3, 0.4) is 0 Å². The van der Waals surface area contributed by atoms with Crippen LogP contribution in [-0.4, -0.2) is 14.4 Å². The molecule has 2 aromatic heterocycles. The zero-order chi connectivity index (χ0) is 20.2. The summed E-state index contributed by atoms with van der Waals surface area (Å²) in [6.45, 7) is 0.559. The molecule has 0 saturated heterocycles. The van der Waals surface area contributed by atoms with E-state index in [2.05, 4.69) is 33.7 Å². The molecule has 0 N–H and O–H groups in total. The summed E-state index contributed by atoms with van der Waals surface area (Å²) in [6, 6.07) is 18.5. The third kappa shape index (κ3) is 4.09. The van der Waals surface area contributed by atoms with Crippen LogP contribution in [0, 0.1) is 5.92 Å². The van der Waals surface area contributed by atoms with Gasteiger partial charge in [-0.05, 0) is 30.0 Å². The highest BCUT2D eigenvalue weighted by Gasteiger charge is 2.19. The van der Waals surface area contributed by atoms with Gasteiger partial charge in [-0.2, -0.15) is 0 Å². The number of ether oxygens (including phenoxy) is 1. The Morgan fingerprint density at radius 2 is 1.83 bits per heavy atom. The van der Waals surface area contributed by atoms with E-state index in [-0.39, 0.29) is 0 Å². The monoisotopic (exact) mass is 397 g/mol. The van der Waals surface area contributed by atoms with Crippen molar-refractivity contribution in [3.63, 3.8) is 0 Å². The number of nitrogens with zero attached hydrogens (tertiary/aromatic N) is 3. The molecular formula is C26H27N3O.